The number of aromatic nitrogens is 2. The molecular weight excluding hydrogens is 309 g/mol. The first-order valence-corrected chi connectivity index (χ1v) is 7.89. The molecular formula is C18H24FN3O2. The Kier molecular flexibility index (Phi) is 5.08. The van der Waals surface area contributed by atoms with Crippen LogP contribution in [0.1, 0.15) is 42.5 Å². The number of aryl methyl sites for hydroxylation is 1. The normalized spacial score (nSPS) is 13.0. The van der Waals surface area contributed by atoms with Crippen molar-refractivity contribution in [2.75, 3.05) is 6.54 Å². The first-order valence-electron chi connectivity index (χ1n) is 7.89. The third kappa shape index (κ3) is 3.82. The molecule has 1 heterocycles. The number of nitrogens with zero attached hydrogens (tertiary/aromatic N) is 2. The van der Waals surface area contributed by atoms with E-state index < -0.39 is 6.10 Å². The monoisotopic (exact) mass is 333 g/mol. The number of benzene rings is 1. The van der Waals surface area contributed by atoms with Gasteiger partial charge in [0.2, 0.25) is 0 Å². The summed E-state index contributed by atoms with van der Waals surface area (Å²) in [5.41, 5.74) is 2.10. The summed E-state index contributed by atoms with van der Waals surface area (Å²) >= 11 is 0. The highest BCUT2D eigenvalue weighted by Crippen LogP contribution is 2.20. The van der Waals surface area contributed by atoms with Crippen LogP contribution in [-0.2, 0) is 0 Å². The Hall–Kier alpha value is -2.21. The van der Waals surface area contributed by atoms with Gasteiger partial charge >= 0.3 is 0 Å². The zero-order chi connectivity index (χ0) is 18.1. The van der Waals surface area contributed by atoms with Crippen LogP contribution in [0.2, 0.25) is 0 Å². The van der Waals surface area contributed by atoms with Crippen molar-refractivity contribution in [1.29, 1.82) is 0 Å². The van der Waals surface area contributed by atoms with Gasteiger partial charge < -0.3 is 10.4 Å². The summed E-state index contributed by atoms with van der Waals surface area (Å²) in [5.74, 6) is -0.601. The Balaban J connectivity index is 2.22. The van der Waals surface area contributed by atoms with Gasteiger partial charge in [0.15, 0.2) is 0 Å². The van der Waals surface area contributed by atoms with E-state index in [4.69, 9.17) is 0 Å². The summed E-state index contributed by atoms with van der Waals surface area (Å²) in [6, 6.07) is 5.93. The van der Waals surface area contributed by atoms with Crippen molar-refractivity contribution in [3.05, 3.63) is 47.0 Å². The fourth-order valence-electron chi connectivity index (χ4n) is 2.39. The molecule has 1 aromatic heterocycles. The largest absolute Gasteiger partial charge is 0.391 e. The number of nitrogens with one attached hydrogen (secondary N) is 1. The molecule has 2 rings (SSSR count). The van der Waals surface area contributed by atoms with E-state index in [0.717, 1.165) is 0 Å². The van der Waals surface area contributed by atoms with Gasteiger partial charge in [-0.05, 0) is 43.5 Å². The quantitative estimate of drug-likeness (QED) is 0.904. The third-order valence-electron chi connectivity index (χ3n) is 4.05. The maximum absolute atomic E-state index is 13.1. The highest BCUT2D eigenvalue weighted by molar-refractivity contribution is 5.96. The van der Waals surface area contributed by atoms with Crippen LogP contribution in [0.4, 0.5) is 4.39 Å². The van der Waals surface area contributed by atoms with Gasteiger partial charge in [-0.3, -0.25) is 4.79 Å². The lowest BCUT2D eigenvalue weighted by Crippen LogP contribution is -2.39. The molecule has 130 valence electrons. The molecule has 1 amide bonds. The number of rotatable bonds is 4. The van der Waals surface area contributed by atoms with Gasteiger partial charge in [0, 0.05) is 6.54 Å². The van der Waals surface area contributed by atoms with E-state index >= 15 is 0 Å². The van der Waals surface area contributed by atoms with Crippen molar-refractivity contribution < 1.29 is 14.3 Å². The van der Waals surface area contributed by atoms with Crippen LogP contribution in [0.5, 0.6) is 0 Å². The van der Waals surface area contributed by atoms with Crippen LogP contribution in [0.3, 0.4) is 0 Å². The molecule has 0 saturated carbocycles. The number of carbonyl (C=O) groups excluding carboxylic acids is 1. The minimum atomic E-state index is -0.644. The Morgan fingerprint density at radius 3 is 2.42 bits per heavy atom. The van der Waals surface area contributed by atoms with Gasteiger partial charge in [0.1, 0.15) is 5.82 Å². The van der Waals surface area contributed by atoms with Crippen LogP contribution in [0.25, 0.3) is 5.69 Å². The molecule has 0 bridgehead atoms. The Labute approximate surface area is 141 Å². The predicted octanol–water partition coefficient (Wildman–Crippen LogP) is 2.77. The number of carbonyl (C=O) groups is 1. The van der Waals surface area contributed by atoms with Gasteiger partial charge in [-0.25, -0.2) is 9.07 Å². The van der Waals surface area contributed by atoms with E-state index in [9.17, 15) is 14.3 Å². The van der Waals surface area contributed by atoms with Crippen LogP contribution in [0, 0.1) is 25.1 Å². The zero-order valence-electron chi connectivity index (χ0n) is 14.7. The lowest BCUT2D eigenvalue weighted by Gasteiger charge is -2.25. The van der Waals surface area contributed by atoms with Crippen molar-refractivity contribution in [3.63, 3.8) is 0 Å². The molecule has 0 aliphatic rings. The molecule has 1 unspecified atom stereocenters. The van der Waals surface area contributed by atoms with Gasteiger partial charge in [0.05, 0.1) is 28.7 Å². The second-order valence-electron chi connectivity index (χ2n) is 7.03. The van der Waals surface area contributed by atoms with Crippen molar-refractivity contribution >= 4 is 5.91 Å². The molecule has 5 nitrogen and oxygen atoms in total. The van der Waals surface area contributed by atoms with Gasteiger partial charge in [-0.2, -0.15) is 5.10 Å². The average Bonchev–Trinajstić information content (AvgIpc) is 2.79. The first kappa shape index (κ1) is 18.1. The maximum Gasteiger partial charge on any atom is 0.255 e. The number of amides is 1. The van der Waals surface area contributed by atoms with Crippen LogP contribution < -0.4 is 5.32 Å². The van der Waals surface area contributed by atoms with Crippen molar-refractivity contribution in [2.45, 2.75) is 40.7 Å². The minimum absolute atomic E-state index is 0.170. The van der Waals surface area contributed by atoms with E-state index in [1.54, 1.807) is 30.7 Å². The molecule has 6 heteroatoms. The Bertz CT molecular complexity index is 730. The van der Waals surface area contributed by atoms with Crippen LogP contribution in [-0.4, -0.2) is 33.4 Å². The van der Waals surface area contributed by atoms with E-state index in [1.165, 1.54) is 12.1 Å². The SMILES string of the molecule is Cc1nn(-c2ccc(F)cc2)c(C)c1C(=O)NCC(O)C(C)(C)C. The van der Waals surface area contributed by atoms with Crippen molar-refractivity contribution in [1.82, 2.24) is 15.1 Å². The lowest BCUT2D eigenvalue weighted by molar-refractivity contribution is 0.0586. The summed E-state index contributed by atoms with van der Waals surface area (Å²) in [6.07, 6.45) is -0.644. The average molecular weight is 333 g/mol. The second-order valence-corrected chi connectivity index (χ2v) is 7.03. The predicted molar refractivity (Wildman–Crippen MR) is 90.8 cm³/mol. The number of aliphatic hydroxyl groups excluding tert-OH is 1. The van der Waals surface area contributed by atoms with Gasteiger partial charge in [-0.15, -0.1) is 0 Å². The van der Waals surface area contributed by atoms with Gasteiger partial charge in [-0.1, -0.05) is 20.8 Å². The third-order valence-corrected chi connectivity index (χ3v) is 4.05. The second kappa shape index (κ2) is 6.73. The van der Waals surface area contributed by atoms with E-state index in [0.29, 0.717) is 22.6 Å². The van der Waals surface area contributed by atoms with Crippen molar-refractivity contribution in [3.8, 4) is 5.69 Å². The summed E-state index contributed by atoms with van der Waals surface area (Å²) in [6.45, 7) is 9.44. The molecule has 1 aromatic carbocycles. The number of aliphatic hydroxyl groups is 1. The van der Waals surface area contributed by atoms with E-state index in [2.05, 4.69) is 10.4 Å². The van der Waals surface area contributed by atoms with E-state index in [1.807, 2.05) is 20.8 Å². The van der Waals surface area contributed by atoms with Gasteiger partial charge in [0.25, 0.3) is 5.91 Å². The topological polar surface area (TPSA) is 67.2 Å². The molecule has 24 heavy (non-hydrogen) atoms. The number of hydrogen-bond acceptors (Lipinski definition) is 3. The molecule has 1 atom stereocenters. The summed E-state index contributed by atoms with van der Waals surface area (Å²) < 4.78 is 14.7. The highest BCUT2D eigenvalue weighted by Gasteiger charge is 2.24. The molecule has 2 N–H and O–H groups in total. The summed E-state index contributed by atoms with van der Waals surface area (Å²) in [7, 11) is 0. The highest BCUT2D eigenvalue weighted by atomic mass is 19.1. The molecule has 0 fully saturated rings. The maximum atomic E-state index is 13.1. The Morgan fingerprint density at radius 1 is 1.29 bits per heavy atom. The molecule has 2 aromatic rings. The fourth-order valence-corrected chi connectivity index (χ4v) is 2.39. The Morgan fingerprint density at radius 2 is 1.88 bits per heavy atom. The standard InChI is InChI=1S/C18H24FN3O2/c1-11-16(17(24)20-10-15(23)18(3,4)5)12(2)22(21-11)14-8-6-13(19)7-9-14/h6-9,15,23H,10H2,1-5H3,(H,20,24). The fraction of sp³-hybridized carbons (Fsp3) is 0.444. The minimum Gasteiger partial charge on any atom is -0.391 e. The summed E-state index contributed by atoms with van der Waals surface area (Å²) in [4.78, 5) is 12.5. The van der Waals surface area contributed by atoms with Crippen molar-refractivity contribution in [2.24, 2.45) is 5.41 Å². The summed E-state index contributed by atoms with van der Waals surface area (Å²) in [5, 5.41) is 17.2. The molecule has 0 spiro atoms. The molecule has 0 aliphatic carbocycles. The lowest BCUT2D eigenvalue weighted by atomic mass is 9.89. The van der Waals surface area contributed by atoms with E-state index in [-0.39, 0.29) is 23.7 Å². The van der Waals surface area contributed by atoms with Crippen LogP contribution in [0.15, 0.2) is 24.3 Å². The first-order chi connectivity index (χ1) is 11.1. The molecule has 0 radical (unpaired) electrons. The molecule has 0 saturated heterocycles. The zero-order valence-corrected chi connectivity index (χ0v) is 14.7. The number of halogens is 1. The smallest absolute Gasteiger partial charge is 0.255 e. The van der Waals surface area contributed by atoms with Crippen LogP contribution >= 0.6 is 0 Å². The molecule has 0 aliphatic heterocycles. The number of hydrogen-bond donors (Lipinski definition) is 2.